The molecule has 0 aromatic heterocycles. The lowest BCUT2D eigenvalue weighted by Gasteiger charge is -2.10. The summed E-state index contributed by atoms with van der Waals surface area (Å²) < 4.78 is 51.2. The van der Waals surface area contributed by atoms with Gasteiger partial charge in [-0.05, 0) is 12.1 Å². The van der Waals surface area contributed by atoms with Gasteiger partial charge in [-0.1, -0.05) is 6.07 Å². The number of rotatable bonds is 5. The summed E-state index contributed by atoms with van der Waals surface area (Å²) in [5.41, 5.74) is 0. The standard InChI is InChI=1S/C9H11F2NO4S/c10-7-2-1-3-8(11)9(7)17(15,16)12-4-6(14)5-13/h1-3,6,12-14H,4-5H2. The number of hydrogen-bond acceptors (Lipinski definition) is 4. The maximum atomic E-state index is 13.2. The van der Waals surface area contributed by atoms with Crippen molar-refractivity contribution in [1.82, 2.24) is 4.72 Å². The van der Waals surface area contributed by atoms with Gasteiger partial charge in [-0.2, -0.15) is 0 Å². The molecular weight excluding hydrogens is 256 g/mol. The second-order valence-electron chi connectivity index (χ2n) is 3.24. The van der Waals surface area contributed by atoms with Crippen molar-refractivity contribution in [2.75, 3.05) is 13.2 Å². The highest BCUT2D eigenvalue weighted by molar-refractivity contribution is 7.89. The number of benzene rings is 1. The summed E-state index contributed by atoms with van der Waals surface area (Å²) >= 11 is 0. The van der Waals surface area contributed by atoms with Gasteiger partial charge in [0.2, 0.25) is 10.0 Å². The van der Waals surface area contributed by atoms with Gasteiger partial charge < -0.3 is 10.2 Å². The van der Waals surface area contributed by atoms with Crippen LogP contribution in [0.25, 0.3) is 0 Å². The molecule has 3 N–H and O–H groups in total. The molecule has 0 bridgehead atoms. The predicted octanol–water partition coefficient (Wildman–Crippen LogP) is -0.404. The van der Waals surface area contributed by atoms with Crippen LogP contribution in [-0.4, -0.2) is 37.9 Å². The molecule has 0 aliphatic heterocycles. The van der Waals surface area contributed by atoms with Crippen LogP contribution < -0.4 is 4.72 Å². The summed E-state index contributed by atoms with van der Waals surface area (Å²) in [5.74, 6) is -2.45. The summed E-state index contributed by atoms with van der Waals surface area (Å²) in [7, 11) is -4.40. The predicted molar refractivity (Wildman–Crippen MR) is 54.6 cm³/mol. The topological polar surface area (TPSA) is 86.6 Å². The molecule has 0 radical (unpaired) electrons. The molecule has 0 amide bonds. The molecule has 0 saturated heterocycles. The minimum absolute atomic E-state index is 0.535. The lowest BCUT2D eigenvalue weighted by atomic mass is 10.3. The van der Waals surface area contributed by atoms with Crippen molar-refractivity contribution in [2.24, 2.45) is 0 Å². The highest BCUT2D eigenvalue weighted by Crippen LogP contribution is 2.17. The Morgan fingerprint density at radius 2 is 1.82 bits per heavy atom. The number of halogens is 2. The van der Waals surface area contributed by atoms with E-state index in [1.165, 1.54) is 0 Å². The normalized spacial score (nSPS) is 13.6. The summed E-state index contributed by atoms with van der Waals surface area (Å²) in [6.45, 7) is -1.20. The fourth-order valence-corrected chi connectivity index (χ4v) is 2.29. The van der Waals surface area contributed by atoms with Crippen LogP contribution in [-0.2, 0) is 10.0 Å². The SMILES string of the molecule is O=S(=O)(NCC(O)CO)c1c(F)cccc1F. The van der Waals surface area contributed by atoms with Gasteiger partial charge in [0.05, 0.1) is 12.7 Å². The van der Waals surface area contributed by atoms with E-state index >= 15 is 0 Å². The molecule has 1 aromatic rings. The molecule has 5 nitrogen and oxygen atoms in total. The van der Waals surface area contributed by atoms with E-state index in [4.69, 9.17) is 10.2 Å². The molecule has 1 unspecified atom stereocenters. The second-order valence-corrected chi connectivity index (χ2v) is 4.94. The van der Waals surface area contributed by atoms with Gasteiger partial charge in [0.1, 0.15) is 11.6 Å². The van der Waals surface area contributed by atoms with E-state index in [0.29, 0.717) is 0 Å². The first-order chi connectivity index (χ1) is 7.88. The highest BCUT2D eigenvalue weighted by atomic mass is 32.2. The van der Waals surface area contributed by atoms with E-state index in [1.54, 1.807) is 4.72 Å². The number of hydrogen-bond donors (Lipinski definition) is 3. The molecule has 0 aliphatic rings. The Morgan fingerprint density at radius 1 is 1.29 bits per heavy atom. The van der Waals surface area contributed by atoms with Crippen LogP contribution in [0, 0.1) is 11.6 Å². The van der Waals surface area contributed by atoms with Crippen molar-refractivity contribution < 1.29 is 27.4 Å². The van der Waals surface area contributed by atoms with Gasteiger partial charge >= 0.3 is 0 Å². The van der Waals surface area contributed by atoms with Crippen molar-refractivity contribution >= 4 is 10.0 Å². The minimum atomic E-state index is -4.40. The molecule has 0 fully saturated rings. The first-order valence-corrected chi connectivity index (χ1v) is 6.09. The van der Waals surface area contributed by atoms with E-state index in [-0.39, 0.29) is 0 Å². The monoisotopic (exact) mass is 267 g/mol. The van der Waals surface area contributed by atoms with E-state index in [9.17, 15) is 17.2 Å². The lowest BCUT2D eigenvalue weighted by molar-refractivity contribution is 0.0988. The van der Waals surface area contributed by atoms with Crippen molar-refractivity contribution in [3.05, 3.63) is 29.8 Å². The van der Waals surface area contributed by atoms with Gasteiger partial charge in [0.25, 0.3) is 0 Å². The second kappa shape index (κ2) is 5.50. The van der Waals surface area contributed by atoms with Crippen LogP contribution in [0.3, 0.4) is 0 Å². The summed E-state index contributed by atoms with van der Waals surface area (Å²) in [6, 6.07) is 2.65. The summed E-state index contributed by atoms with van der Waals surface area (Å²) in [5, 5.41) is 17.4. The molecule has 0 aliphatic carbocycles. The first-order valence-electron chi connectivity index (χ1n) is 4.61. The maximum absolute atomic E-state index is 13.2. The summed E-state index contributed by atoms with van der Waals surface area (Å²) in [6.07, 6.45) is -1.33. The van der Waals surface area contributed by atoms with Crippen LogP contribution in [0.2, 0.25) is 0 Å². The van der Waals surface area contributed by atoms with Crippen LogP contribution in [0.1, 0.15) is 0 Å². The molecule has 1 rings (SSSR count). The van der Waals surface area contributed by atoms with Gasteiger partial charge in [-0.15, -0.1) is 0 Å². The molecule has 96 valence electrons. The van der Waals surface area contributed by atoms with Crippen LogP contribution in [0.5, 0.6) is 0 Å². The number of nitrogens with one attached hydrogen (secondary N) is 1. The van der Waals surface area contributed by atoms with Gasteiger partial charge in [0, 0.05) is 6.54 Å². The lowest BCUT2D eigenvalue weighted by Crippen LogP contribution is -2.34. The van der Waals surface area contributed by atoms with Crippen molar-refractivity contribution in [2.45, 2.75) is 11.0 Å². The molecule has 1 atom stereocenters. The van der Waals surface area contributed by atoms with E-state index < -0.39 is 45.8 Å². The molecule has 1 aromatic carbocycles. The Labute approximate surface area is 96.8 Å². The van der Waals surface area contributed by atoms with Crippen LogP contribution in [0.4, 0.5) is 8.78 Å². The molecule has 0 saturated carbocycles. The molecule has 17 heavy (non-hydrogen) atoms. The third-order valence-corrected chi connectivity index (χ3v) is 3.38. The molecule has 0 heterocycles. The van der Waals surface area contributed by atoms with E-state index in [1.807, 2.05) is 0 Å². The number of sulfonamides is 1. The Bertz CT molecular complexity index is 472. The largest absolute Gasteiger partial charge is 0.394 e. The summed E-state index contributed by atoms with van der Waals surface area (Å²) in [4.78, 5) is -1.11. The smallest absolute Gasteiger partial charge is 0.246 e. The van der Waals surface area contributed by atoms with Crippen molar-refractivity contribution in [3.63, 3.8) is 0 Å². The van der Waals surface area contributed by atoms with Gasteiger partial charge in [-0.25, -0.2) is 21.9 Å². The van der Waals surface area contributed by atoms with Gasteiger partial charge in [-0.3, -0.25) is 0 Å². The first kappa shape index (κ1) is 14.0. The minimum Gasteiger partial charge on any atom is -0.394 e. The zero-order valence-corrected chi connectivity index (χ0v) is 9.42. The number of aliphatic hydroxyl groups is 2. The third-order valence-electron chi connectivity index (χ3n) is 1.91. The molecule has 8 heteroatoms. The number of aliphatic hydroxyl groups excluding tert-OH is 2. The van der Waals surface area contributed by atoms with Crippen molar-refractivity contribution in [1.29, 1.82) is 0 Å². The molecular formula is C9H11F2NO4S. The average Bonchev–Trinajstić information content (AvgIpc) is 2.25. The average molecular weight is 267 g/mol. The van der Waals surface area contributed by atoms with Crippen LogP contribution in [0.15, 0.2) is 23.1 Å². The quantitative estimate of drug-likeness (QED) is 0.677. The Kier molecular flexibility index (Phi) is 4.52. The van der Waals surface area contributed by atoms with E-state index in [2.05, 4.69) is 0 Å². The Morgan fingerprint density at radius 3 is 2.29 bits per heavy atom. The maximum Gasteiger partial charge on any atom is 0.246 e. The Hall–Kier alpha value is -1.09. The van der Waals surface area contributed by atoms with Gasteiger partial charge in [0.15, 0.2) is 4.90 Å². The third kappa shape index (κ3) is 3.43. The highest BCUT2D eigenvalue weighted by Gasteiger charge is 2.23. The zero-order chi connectivity index (χ0) is 13.1. The fourth-order valence-electron chi connectivity index (χ4n) is 1.08. The fraction of sp³-hybridized carbons (Fsp3) is 0.333. The molecule has 0 spiro atoms. The van der Waals surface area contributed by atoms with Crippen LogP contribution >= 0.6 is 0 Å². The Balaban J connectivity index is 2.98. The zero-order valence-electron chi connectivity index (χ0n) is 8.60. The van der Waals surface area contributed by atoms with E-state index in [0.717, 1.165) is 18.2 Å². The van der Waals surface area contributed by atoms with Crippen molar-refractivity contribution in [3.8, 4) is 0 Å².